The first kappa shape index (κ1) is 18.6. The van der Waals surface area contributed by atoms with Crippen molar-refractivity contribution in [1.29, 1.82) is 0 Å². The minimum absolute atomic E-state index is 0.0577. The van der Waals surface area contributed by atoms with Crippen LogP contribution in [0.25, 0.3) is 0 Å². The molecule has 0 amide bonds. The molecule has 122 valence electrons. The Balaban J connectivity index is 2.87. The molecule has 1 rings (SSSR count). The van der Waals surface area contributed by atoms with E-state index in [1.807, 2.05) is 0 Å². The first-order valence-electron chi connectivity index (χ1n) is 6.28. The largest absolute Gasteiger partial charge is 0.449 e. The number of hydrogen-bond acceptors (Lipinski definition) is 6. The Labute approximate surface area is 133 Å². The summed E-state index contributed by atoms with van der Waals surface area (Å²) in [5, 5.41) is 0.138. The summed E-state index contributed by atoms with van der Waals surface area (Å²) < 4.78 is 35.9. The first-order chi connectivity index (χ1) is 10.1. The molecule has 1 unspecified atom stereocenters. The van der Waals surface area contributed by atoms with Crippen molar-refractivity contribution in [1.82, 2.24) is 0 Å². The van der Waals surface area contributed by atoms with Crippen molar-refractivity contribution in [3.63, 3.8) is 0 Å². The maximum absolute atomic E-state index is 11.9. The van der Waals surface area contributed by atoms with Gasteiger partial charge in [0, 0.05) is 24.3 Å². The quantitative estimate of drug-likeness (QED) is 0.411. The van der Waals surface area contributed by atoms with Gasteiger partial charge in [0.2, 0.25) is 0 Å². The van der Waals surface area contributed by atoms with Gasteiger partial charge in [-0.25, -0.2) is 0 Å². The van der Waals surface area contributed by atoms with Crippen LogP contribution in [0.3, 0.4) is 0 Å². The molecule has 0 radical (unpaired) electrons. The lowest BCUT2D eigenvalue weighted by Gasteiger charge is -2.11. The van der Waals surface area contributed by atoms with Crippen LogP contribution in [0.2, 0.25) is 5.02 Å². The minimum Gasteiger partial charge on any atom is -0.449 e. The van der Waals surface area contributed by atoms with Gasteiger partial charge < -0.3 is 4.74 Å². The number of carbonyl (C=O) groups excluding carboxylic acids is 2. The fraction of sp³-hybridized carbons (Fsp3) is 0.385. The van der Waals surface area contributed by atoms with Crippen LogP contribution in [0, 0.1) is 6.92 Å². The van der Waals surface area contributed by atoms with E-state index in [0.29, 0.717) is 11.1 Å². The molecule has 0 bridgehead atoms. The number of ether oxygens (including phenoxy) is 1. The molecule has 0 spiro atoms. The molecule has 1 atom stereocenters. The van der Waals surface area contributed by atoms with Gasteiger partial charge >= 0.3 is 0 Å². The van der Waals surface area contributed by atoms with Gasteiger partial charge in [-0.3, -0.25) is 19.9 Å². The number of ketones is 1. The summed E-state index contributed by atoms with van der Waals surface area (Å²) in [4.78, 5) is 21.6. The van der Waals surface area contributed by atoms with Crippen LogP contribution in [0.1, 0.15) is 24.0 Å². The van der Waals surface area contributed by atoms with Crippen LogP contribution < -0.4 is 5.73 Å². The molecule has 1 aromatic rings. The number of benzene rings is 1. The van der Waals surface area contributed by atoms with E-state index in [1.54, 1.807) is 6.92 Å². The molecule has 0 fully saturated rings. The minimum atomic E-state index is -4.41. The average molecular weight is 350 g/mol. The molecule has 0 aliphatic heterocycles. The van der Waals surface area contributed by atoms with Crippen LogP contribution in [-0.4, -0.2) is 31.5 Å². The number of Topliss-reactive ketones (excluding diaryl/α,β-unsaturated/α-hetero) is 1. The van der Waals surface area contributed by atoms with Gasteiger partial charge in [-0.15, -0.1) is 0 Å². The van der Waals surface area contributed by atoms with Gasteiger partial charge in [-0.2, -0.15) is 8.42 Å². The van der Waals surface area contributed by atoms with Crippen LogP contribution in [0.5, 0.6) is 0 Å². The second-order valence-electron chi connectivity index (χ2n) is 4.69. The summed E-state index contributed by atoms with van der Waals surface area (Å²) in [6.45, 7) is 1.84. The van der Waals surface area contributed by atoms with E-state index in [-0.39, 0.29) is 41.4 Å². The van der Waals surface area contributed by atoms with Gasteiger partial charge in [-0.1, -0.05) is 11.6 Å². The van der Waals surface area contributed by atoms with E-state index in [2.05, 4.69) is 4.74 Å². The molecule has 0 aliphatic carbocycles. The van der Waals surface area contributed by atoms with E-state index in [0.717, 1.165) is 6.07 Å². The lowest BCUT2D eigenvalue weighted by molar-refractivity contribution is -0.134. The average Bonchev–Trinajstić information content (AvgIpc) is 2.40. The molecule has 0 heterocycles. The molecule has 1 aromatic carbocycles. The fourth-order valence-electron chi connectivity index (χ4n) is 1.78. The Bertz CT molecular complexity index is 673. The van der Waals surface area contributed by atoms with Crippen LogP contribution >= 0.6 is 11.6 Å². The maximum Gasteiger partial charge on any atom is 0.294 e. The normalized spacial score (nSPS) is 12.7. The van der Waals surface area contributed by atoms with Gasteiger partial charge in [0.05, 0.1) is 4.90 Å². The van der Waals surface area contributed by atoms with E-state index in [4.69, 9.17) is 21.9 Å². The van der Waals surface area contributed by atoms with Gasteiger partial charge in [0.15, 0.2) is 6.23 Å². The Morgan fingerprint density at radius 3 is 2.68 bits per heavy atom. The molecule has 0 saturated carbocycles. The zero-order valence-corrected chi connectivity index (χ0v) is 13.4. The molecule has 0 aliphatic rings. The smallest absolute Gasteiger partial charge is 0.294 e. The predicted molar refractivity (Wildman–Crippen MR) is 79.1 cm³/mol. The topological polar surface area (TPSA) is 124 Å². The summed E-state index contributed by atoms with van der Waals surface area (Å²) in [5.41, 5.74) is 6.37. The Morgan fingerprint density at radius 1 is 1.50 bits per heavy atom. The number of rotatable bonds is 8. The Hall–Kier alpha value is -1.48. The second kappa shape index (κ2) is 7.68. The summed E-state index contributed by atoms with van der Waals surface area (Å²) >= 11 is 5.91. The summed E-state index contributed by atoms with van der Waals surface area (Å²) in [5.74, 6) is -0.225. The van der Waals surface area contributed by atoms with Crippen LogP contribution in [0.15, 0.2) is 17.0 Å². The third-order valence-corrected chi connectivity index (χ3v) is 4.27. The monoisotopic (exact) mass is 349 g/mol. The van der Waals surface area contributed by atoms with E-state index < -0.39 is 16.3 Å². The highest BCUT2D eigenvalue weighted by molar-refractivity contribution is 7.85. The first-order valence-corrected chi connectivity index (χ1v) is 8.10. The van der Waals surface area contributed by atoms with Crippen LogP contribution in [-0.2, 0) is 30.9 Å². The highest BCUT2D eigenvalue weighted by atomic mass is 35.5. The Morgan fingerprint density at radius 2 is 2.14 bits per heavy atom. The summed E-state index contributed by atoms with van der Waals surface area (Å²) in [6, 6.07) is 2.32. The zero-order chi connectivity index (χ0) is 16.9. The second-order valence-corrected chi connectivity index (χ2v) is 6.52. The molecule has 0 saturated heterocycles. The van der Waals surface area contributed by atoms with E-state index in [1.165, 1.54) is 6.07 Å². The van der Waals surface area contributed by atoms with Gasteiger partial charge in [0.25, 0.3) is 16.6 Å². The van der Waals surface area contributed by atoms with Crippen LogP contribution in [0.4, 0.5) is 0 Å². The number of nitrogens with two attached hydrogens (primary N) is 1. The van der Waals surface area contributed by atoms with E-state index >= 15 is 0 Å². The highest BCUT2D eigenvalue weighted by Gasteiger charge is 2.17. The van der Waals surface area contributed by atoms with Gasteiger partial charge in [-0.05, 0) is 30.2 Å². The van der Waals surface area contributed by atoms with E-state index in [9.17, 15) is 18.0 Å². The molecule has 0 aromatic heterocycles. The Kier molecular flexibility index (Phi) is 6.48. The highest BCUT2D eigenvalue weighted by Crippen LogP contribution is 2.25. The van der Waals surface area contributed by atoms with Crippen molar-refractivity contribution in [2.24, 2.45) is 5.73 Å². The number of hydrogen-bond donors (Lipinski definition) is 2. The number of carbonyl (C=O) groups is 2. The third-order valence-electron chi connectivity index (χ3n) is 3.05. The van der Waals surface area contributed by atoms with Crippen molar-refractivity contribution in [2.45, 2.75) is 37.3 Å². The predicted octanol–water partition coefficient (Wildman–Crippen LogP) is 1.24. The third kappa shape index (κ3) is 5.38. The lowest BCUT2D eigenvalue weighted by atomic mass is 10.0. The molecule has 3 N–H and O–H groups in total. The molecule has 7 nitrogen and oxygen atoms in total. The van der Waals surface area contributed by atoms with Crippen molar-refractivity contribution >= 4 is 34.0 Å². The molecule has 22 heavy (non-hydrogen) atoms. The fourth-order valence-corrected chi connectivity index (χ4v) is 2.65. The standard InChI is InChI=1S/C13H16ClNO6S/c1-8-9(4-10(17)2-3-13(15)21-7-16)5-11(6-12(8)14)22(18,19)20/h5-7,13H,2-4,15H2,1H3,(H,18,19,20). The maximum atomic E-state index is 11.9. The molecular formula is C13H16ClNO6S. The SMILES string of the molecule is Cc1c(Cl)cc(S(=O)(=O)O)cc1CC(=O)CCC(N)OC=O. The number of halogens is 1. The summed E-state index contributed by atoms with van der Waals surface area (Å²) in [7, 11) is -4.41. The zero-order valence-electron chi connectivity index (χ0n) is 11.8. The van der Waals surface area contributed by atoms with Gasteiger partial charge in [0.1, 0.15) is 5.78 Å². The van der Waals surface area contributed by atoms with Crippen molar-refractivity contribution in [3.05, 3.63) is 28.3 Å². The van der Waals surface area contributed by atoms with Crippen molar-refractivity contribution < 1.29 is 27.3 Å². The lowest BCUT2D eigenvalue weighted by Crippen LogP contribution is -2.24. The molecule has 9 heteroatoms. The summed E-state index contributed by atoms with van der Waals surface area (Å²) in [6.07, 6.45) is -0.719. The van der Waals surface area contributed by atoms with Crippen molar-refractivity contribution in [3.8, 4) is 0 Å². The van der Waals surface area contributed by atoms with Crippen molar-refractivity contribution in [2.75, 3.05) is 0 Å². The molecular weight excluding hydrogens is 334 g/mol.